The first-order valence-electron chi connectivity index (χ1n) is 7.80. The highest BCUT2D eigenvalue weighted by Crippen LogP contribution is 2.37. The number of hydrogen-bond acceptors (Lipinski definition) is 6. The average molecular weight is 310 g/mol. The van der Waals surface area contributed by atoms with Crippen molar-refractivity contribution in [2.24, 2.45) is 5.92 Å². The van der Waals surface area contributed by atoms with Crippen LogP contribution in [0.1, 0.15) is 25.7 Å². The monoisotopic (exact) mass is 309 g/mol. The van der Waals surface area contributed by atoms with Crippen molar-refractivity contribution in [2.45, 2.75) is 31.7 Å². The lowest BCUT2D eigenvalue weighted by Gasteiger charge is -2.28. The van der Waals surface area contributed by atoms with E-state index >= 15 is 0 Å². The van der Waals surface area contributed by atoms with Crippen molar-refractivity contribution in [3.63, 3.8) is 0 Å². The molecule has 6 nitrogen and oxygen atoms in total. The molecular formula is C14H20ClN5O. The molecule has 2 saturated carbocycles. The van der Waals surface area contributed by atoms with Crippen molar-refractivity contribution in [2.75, 3.05) is 42.6 Å². The van der Waals surface area contributed by atoms with Crippen LogP contribution < -0.4 is 9.80 Å². The maximum atomic E-state index is 6.14. The van der Waals surface area contributed by atoms with Gasteiger partial charge >= 0.3 is 0 Å². The summed E-state index contributed by atoms with van der Waals surface area (Å²) in [5.41, 5.74) is 0. The summed E-state index contributed by atoms with van der Waals surface area (Å²) < 4.78 is 5.38. The van der Waals surface area contributed by atoms with E-state index in [1.807, 2.05) is 0 Å². The predicted octanol–water partition coefficient (Wildman–Crippen LogP) is 1.74. The maximum absolute atomic E-state index is 6.14. The summed E-state index contributed by atoms with van der Waals surface area (Å²) in [5.74, 6) is 2.26. The summed E-state index contributed by atoms with van der Waals surface area (Å²) in [7, 11) is 0. The zero-order valence-corrected chi connectivity index (χ0v) is 12.8. The number of morpholine rings is 1. The molecule has 7 heteroatoms. The van der Waals surface area contributed by atoms with E-state index in [-0.39, 0.29) is 0 Å². The number of anilines is 2. The standard InChI is InChI=1S/C14H20ClN5O/c15-12-16-13(19-5-7-21-8-6-19)18-14(17-12)20(11-3-4-11)9-10-1-2-10/h10-11H,1-9H2. The minimum Gasteiger partial charge on any atom is -0.378 e. The van der Waals surface area contributed by atoms with Gasteiger partial charge in [0.25, 0.3) is 0 Å². The second-order valence-corrected chi connectivity index (χ2v) is 6.47. The van der Waals surface area contributed by atoms with Crippen LogP contribution in [-0.2, 0) is 4.74 Å². The largest absolute Gasteiger partial charge is 0.378 e. The Labute approximate surface area is 129 Å². The molecule has 0 radical (unpaired) electrons. The van der Waals surface area contributed by atoms with Gasteiger partial charge in [-0.1, -0.05) is 0 Å². The van der Waals surface area contributed by atoms with Gasteiger partial charge in [-0.2, -0.15) is 15.0 Å². The zero-order chi connectivity index (χ0) is 14.2. The van der Waals surface area contributed by atoms with Gasteiger partial charge in [0.1, 0.15) is 0 Å². The Morgan fingerprint density at radius 2 is 1.86 bits per heavy atom. The van der Waals surface area contributed by atoms with Crippen LogP contribution >= 0.6 is 11.6 Å². The van der Waals surface area contributed by atoms with E-state index in [0.29, 0.717) is 30.5 Å². The second-order valence-electron chi connectivity index (χ2n) is 6.13. The number of halogens is 1. The minimum atomic E-state index is 0.294. The third kappa shape index (κ3) is 3.21. The van der Waals surface area contributed by atoms with Crippen LogP contribution in [0.5, 0.6) is 0 Å². The fourth-order valence-electron chi connectivity index (χ4n) is 2.72. The number of aromatic nitrogens is 3. The van der Waals surface area contributed by atoms with Crippen molar-refractivity contribution >= 4 is 23.5 Å². The maximum Gasteiger partial charge on any atom is 0.231 e. The summed E-state index contributed by atoms with van der Waals surface area (Å²) in [4.78, 5) is 17.8. The first-order valence-corrected chi connectivity index (χ1v) is 8.18. The highest BCUT2D eigenvalue weighted by Gasteiger charge is 2.35. The molecule has 0 unspecified atom stereocenters. The van der Waals surface area contributed by atoms with Gasteiger partial charge in [-0.3, -0.25) is 0 Å². The molecule has 0 bridgehead atoms. The van der Waals surface area contributed by atoms with E-state index in [4.69, 9.17) is 16.3 Å². The number of rotatable bonds is 5. The molecule has 1 saturated heterocycles. The van der Waals surface area contributed by atoms with Gasteiger partial charge < -0.3 is 14.5 Å². The van der Waals surface area contributed by atoms with Gasteiger partial charge in [0.15, 0.2) is 0 Å². The lowest BCUT2D eigenvalue weighted by atomic mass is 10.3. The van der Waals surface area contributed by atoms with Gasteiger partial charge in [-0.25, -0.2) is 0 Å². The average Bonchev–Trinajstić information content (AvgIpc) is 3.38. The third-order valence-corrected chi connectivity index (χ3v) is 4.44. The highest BCUT2D eigenvalue weighted by molar-refractivity contribution is 6.28. The first kappa shape index (κ1) is 13.5. The van der Waals surface area contributed by atoms with Crippen molar-refractivity contribution in [3.8, 4) is 0 Å². The van der Waals surface area contributed by atoms with E-state index in [1.54, 1.807) is 0 Å². The quantitative estimate of drug-likeness (QED) is 0.826. The number of hydrogen-bond donors (Lipinski definition) is 0. The Kier molecular flexibility index (Phi) is 3.59. The normalized spacial score (nSPS) is 22.4. The Morgan fingerprint density at radius 3 is 2.52 bits per heavy atom. The van der Waals surface area contributed by atoms with E-state index < -0.39 is 0 Å². The molecule has 4 rings (SSSR count). The molecule has 2 aliphatic carbocycles. The van der Waals surface area contributed by atoms with Crippen LogP contribution in [0.2, 0.25) is 5.28 Å². The van der Waals surface area contributed by atoms with Crippen molar-refractivity contribution in [1.82, 2.24) is 15.0 Å². The topological polar surface area (TPSA) is 54.4 Å². The zero-order valence-electron chi connectivity index (χ0n) is 12.0. The van der Waals surface area contributed by atoms with Gasteiger partial charge in [-0.05, 0) is 43.2 Å². The lowest BCUT2D eigenvalue weighted by Crippen LogP contribution is -2.38. The molecule has 1 aromatic heterocycles. The molecule has 0 atom stereocenters. The minimum absolute atomic E-state index is 0.294. The van der Waals surface area contributed by atoms with Crippen LogP contribution in [-0.4, -0.2) is 53.8 Å². The SMILES string of the molecule is Clc1nc(N2CCOCC2)nc(N(CC2CC2)C2CC2)n1. The van der Waals surface area contributed by atoms with Gasteiger partial charge in [0.05, 0.1) is 13.2 Å². The molecule has 0 N–H and O–H groups in total. The van der Waals surface area contributed by atoms with E-state index in [9.17, 15) is 0 Å². The first-order chi connectivity index (χ1) is 10.3. The summed E-state index contributed by atoms with van der Waals surface area (Å²) in [6.45, 7) is 4.12. The molecule has 1 aliphatic heterocycles. The van der Waals surface area contributed by atoms with Gasteiger partial charge in [0.2, 0.25) is 17.2 Å². The Balaban J connectivity index is 1.59. The molecule has 0 aromatic carbocycles. The van der Waals surface area contributed by atoms with E-state index in [2.05, 4.69) is 24.8 Å². The second kappa shape index (κ2) is 5.57. The summed E-state index contributed by atoms with van der Waals surface area (Å²) in [5, 5.41) is 0.294. The van der Waals surface area contributed by atoms with Crippen molar-refractivity contribution in [1.29, 1.82) is 0 Å². The Morgan fingerprint density at radius 1 is 1.10 bits per heavy atom. The fourth-order valence-corrected chi connectivity index (χ4v) is 2.87. The van der Waals surface area contributed by atoms with Gasteiger partial charge in [0, 0.05) is 25.7 Å². The highest BCUT2D eigenvalue weighted by atomic mass is 35.5. The summed E-state index contributed by atoms with van der Waals surface area (Å²) in [6, 6.07) is 0.599. The molecule has 2 heterocycles. The van der Waals surface area contributed by atoms with Gasteiger partial charge in [-0.15, -0.1) is 0 Å². The van der Waals surface area contributed by atoms with Crippen LogP contribution in [0.25, 0.3) is 0 Å². The smallest absolute Gasteiger partial charge is 0.231 e. The molecule has 1 aromatic rings. The molecule has 0 amide bonds. The van der Waals surface area contributed by atoms with Crippen molar-refractivity contribution < 1.29 is 4.74 Å². The molecule has 21 heavy (non-hydrogen) atoms. The number of ether oxygens (including phenoxy) is 1. The molecule has 114 valence electrons. The Bertz CT molecular complexity index is 514. The van der Waals surface area contributed by atoms with Crippen LogP contribution in [0, 0.1) is 5.92 Å². The number of nitrogens with zero attached hydrogens (tertiary/aromatic N) is 5. The fraction of sp³-hybridized carbons (Fsp3) is 0.786. The molecule has 3 aliphatic rings. The predicted molar refractivity (Wildman–Crippen MR) is 81.0 cm³/mol. The molecular weight excluding hydrogens is 290 g/mol. The third-order valence-electron chi connectivity index (χ3n) is 4.27. The van der Waals surface area contributed by atoms with E-state index in [1.165, 1.54) is 25.7 Å². The molecule has 3 fully saturated rings. The molecule has 0 spiro atoms. The van der Waals surface area contributed by atoms with Crippen LogP contribution in [0.15, 0.2) is 0 Å². The summed E-state index contributed by atoms with van der Waals surface area (Å²) >= 11 is 6.14. The van der Waals surface area contributed by atoms with Crippen LogP contribution in [0.4, 0.5) is 11.9 Å². The van der Waals surface area contributed by atoms with Crippen molar-refractivity contribution in [3.05, 3.63) is 5.28 Å². The van der Waals surface area contributed by atoms with E-state index in [0.717, 1.165) is 31.5 Å². The Hall–Kier alpha value is -1.14. The van der Waals surface area contributed by atoms with Crippen LogP contribution in [0.3, 0.4) is 0 Å². The lowest BCUT2D eigenvalue weighted by molar-refractivity contribution is 0.122. The summed E-state index contributed by atoms with van der Waals surface area (Å²) in [6.07, 6.45) is 5.14.